The number of rotatable bonds is 2. The number of fused-ring (bicyclic) bond motifs is 1. The Bertz CT molecular complexity index is 758. The van der Waals surface area contributed by atoms with E-state index < -0.39 is 15.4 Å². The maximum absolute atomic E-state index is 12.6. The van der Waals surface area contributed by atoms with Crippen molar-refractivity contribution < 1.29 is 13.2 Å². The van der Waals surface area contributed by atoms with Gasteiger partial charge in [-0.05, 0) is 55.6 Å². The largest absolute Gasteiger partial charge is 0.345 e. The van der Waals surface area contributed by atoms with Crippen LogP contribution >= 0.6 is 11.3 Å². The van der Waals surface area contributed by atoms with Crippen LogP contribution in [0.5, 0.6) is 0 Å². The van der Waals surface area contributed by atoms with Crippen LogP contribution in [0.3, 0.4) is 0 Å². The highest BCUT2D eigenvalue weighted by Gasteiger charge is 2.40. The number of carbonyl (C=O) groups excluding carboxylic acids is 1. The third-order valence-corrected chi connectivity index (χ3v) is 8.59. The summed E-state index contributed by atoms with van der Waals surface area (Å²) in [5.41, 5.74) is 0.961. The van der Waals surface area contributed by atoms with Gasteiger partial charge in [0.15, 0.2) is 9.84 Å². The molecule has 0 unspecified atom stereocenters. The Hall–Kier alpha value is -0.880. The number of hydrogen-bond donors (Lipinski definition) is 1. The van der Waals surface area contributed by atoms with E-state index in [1.165, 1.54) is 16.9 Å². The van der Waals surface area contributed by atoms with Crippen molar-refractivity contribution in [2.75, 3.05) is 11.5 Å². The molecule has 3 rings (SSSR count). The molecule has 4 nitrogen and oxygen atoms in total. The zero-order valence-corrected chi connectivity index (χ0v) is 16.6. The third-order valence-electron chi connectivity index (χ3n) is 5.45. The fraction of sp³-hybridized carbons (Fsp3) is 0.722. The highest BCUT2D eigenvalue weighted by molar-refractivity contribution is 7.91. The van der Waals surface area contributed by atoms with Crippen molar-refractivity contribution in [3.05, 3.63) is 21.4 Å². The van der Waals surface area contributed by atoms with Gasteiger partial charge in [-0.1, -0.05) is 20.8 Å². The van der Waals surface area contributed by atoms with Crippen molar-refractivity contribution in [2.45, 2.75) is 58.9 Å². The molecule has 1 N–H and O–H groups in total. The van der Waals surface area contributed by atoms with Crippen LogP contribution in [0.1, 0.15) is 60.6 Å². The van der Waals surface area contributed by atoms with E-state index in [1.807, 2.05) is 13.0 Å². The lowest BCUT2D eigenvalue weighted by molar-refractivity contribution is 0.0919. The number of thiophene rings is 1. The minimum atomic E-state index is -3.02. The fourth-order valence-electron chi connectivity index (χ4n) is 3.82. The van der Waals surface area contributed by atoms with Crippen LogP contribution in [-0.2, 0) is 22.7 Å². The Morgan fingerprint density at radius 3 is 2.67 bits per heavy atom. The summed E-state index contributed by atoms with van der Waals surface area (Å²) in [6, 6.07) is 2.03. The van der Waals surface area contributed by atoms with Crippen molar-refractivity contribution in [3.63, 3.8) is 0 Å². The first-order valence-electron chi connectivity index (χ1n) is 8.62. The Kier molecular flexibility index (Phi) is 4.36. The second-order valence-electron chi connectivity index (χ2n) is 8.72. The maximum Gasteiger partial charge on any atom is 0.261 e. The minimum absolute atomic E-state index is 0.0446. The smallest absolute Gasteiger partial charge is 0.261 e. The summed E-state index contributed by atoms with van der Waals surface area (Å²) in [4.78, 5) is 14.7. The van der Waals surface area contributed by atoms with Gasteiger partial charge in [0.2, 0.25) is 0 Å². The van der Waals surface area contributed by atoms with Crippen LogP contribution in [0.2, 0.25) is 0 Å². The normalized spacial score (nSPS) is 29.2. The van der Waals surface area contributed by atoms with E-state index in [0.717, 1.165) is 17.7 Å². The van der Waals surface area contributed by atoms with E-state index in [0.29, 0.717) is 12.3 Å². The Balaban J connectivity index is 1.73. The Morgan fingerprint density at radius 1 is 1.38 bits per heavy atom. The summed E-state index contributed by atoms with van der Waals surface area (Å²) in [5.74, 6) is 0.732. The highest BCUT2D eigenvalue weighted by atomic mass is 32.2. The molecule has 1 aromatic heterocycles. The van der Waals surface area contributed by atoms with Crippen LogP contribution < -0.4 is 5.32 Å². The van der Waals surface area contributed by atoms with Gasteiger partial charge in [-0.3, -0.25) is 4.79 Å². The highest BCUT2D eigenvalue weighted by Crippen LogP contribution is 2.40. The molecule has 1 amide bonds. The summed E-state index contributed by atoms with van der Waals surface area (Å²) in [7, 11) is -3.02. The van der Waals surface area contributed by atoms with Crippen LogP contribution in [0, 0.1) is 11.3 Å². The van der Waals surface area contributed by atoms with Crippen molar-refractivity contribution in [2.24, 2.45) is 11.3 Å². The van der Waals surface area contributed by atoms with E-state index in [9.17, 15) is 13.2 Å². The Labute approximate surface area is 149 Å². The molecule has 1 fully saturated rings. The molecular formula is C18H27NO3S2. The SMILES string of the molecule is CC(C)(C)[C@@H]1CCc2sc(C(=O)N[C@]3(C)CCS(=O)(=O)C3)cc2C1. The van der Waals surface area contributed by atoms with E-state index in [2.05, 4.69) is 26.1 Å². The van der Waals surface area contributed by atoms with Crippen LogP contribution in [0.15, 0.2) is 6.07 Å². The molecule has 2 aliphatic rings. The lowest BCUT2D eigenvalue weighted by Gasteiger charge is -2.33. The van der Waals surface area contributed by atoms with E-state index in [1.54, 1.807) is 11.3 Å². The Morgan fingerprint density at radius 2 is 2.08 bits per heavy atom. The summed E-state index contributed by atoms with van der Waals surface area (Å²) in [5, 5.41) is 2.97. The van der Waals surface area contributed by atoms with Crippen LogP contribution in [-0.4, -0.2) is 31.4 Å². The predicted molar refractivity (Wildman–Crippen MR) is 98.4 cm³/mol. The summed E-state index contributed by atoms with van der Waals surface area (Å²) >= 11 is 1.58. The molecule has 0 saturated carbocycles. The lowest BCUT2D eigenvalue weighted by Crippen LogP contribution is -2.46. The van der Waals surface area contributed by atoms with Gasteiger partial charge in [-0.15, -0.1) is 11.3 Å². The number of amides is 1. The predicted octanol–water partition coefficient (Wildman–Crippen LogP) is 3.21. The molecule has 0 spiro atoms. The second-order valence-corrected chi connectivity index (χ2v) is 12.0. The monoisotopic (exact) mass is 369 g/mol. The molecule has 134 valence electrons. The van der Waals surface area contributed by atoms with Gasteiger partial charge in [0.25, 0.3) is 5.91 Å². The van der Waals surface area contributed by atoms with Gasteiger partial charge >= 0.3 is 0 Å². The molecule has 24 heavy (non-hydrogen) atoms. The summed E-state index contributed by atoms with van der Waals surface area (Å²) in [6.07, 6.45) is 3.75. The quantitative estimate of drug-likeness (QED) is 0.871. The van der Waals surface area contributed by atoms with Gasteiger partial charge in [0.1, 0.15) is 0 Å². The molecular weight excluding hydrogens is 342 g/mol. The number of aryl methyl sites for hydroxylation is 1. The second kappa shape index (κ2) is 5.84. The molecule has 0 radical (unpaired) electrons. The molecule has 6 heteroatoms. The average molecular weight is 370 g/mol. The number of hydrogen-bond acceptors (Lipinski definition) is 4. The number of nitrogens with one attached hydrogen (secondary N) is 1. The first-order valence-corrected chi connectivity index (χ1v) is 11.3. The molecule has 1 aliphatic heterocycles. The summed E-state index contributed by atoms with van der Waals surface area (Å²) < 4.78 is 23.4. The van der Waals surface area contributed by atoms with Gasteiger partial charge in [0, 0.05) is 4.88 Å². The van der Waals surface area contributed by atoms with Crippen molar-refractivity contribution >= 4 is 27.1 Å². The molecule has 2 heterocycles. The van der Waals surface area contributed by atoms with Crippen LogP contribution in [0.25, 0.3) is 0 Å². The third kappa shape index (κ3) is 3.69. The standard InChI is InChI=1S/C18H27NO3S2/c1-17(2,3)13-5-6-14-12(9-13)10-15(23-14)16(20)19-18(4)7-8-24(21,22)11-18/h10,13H,5-9,11H2,1-4H3,(H,19,20)/t13-,18-/m1/s1. The zero-order valence-electron chi connectivity index (χ0n) is 14.9. The first kappa shape index (κ1) is 17.9. The first-order chi connectivity index (χ1) is 11.0. The van der Waals surface area contributed by atoms with E-state index in [4.69, 9.17) is 0 Å². The van der Waals surface area contributed by atoms with Gasteiger partial charge in [-0.2, -0.15) is 0 Å². The minimum Gasteiger partial charge on any atom is -0.345 e. The molecule has 1 saturated heterocycles. The molecule has 1 aromatic rings. The number of sulfone groups is 1. The molecule has 0 aromatic carbocycles. The van der Waals surface area contributed by atoms with Crippen molar-refractivity contribution in [1.29, 1.82) is 0 Å². The molecule has 1 aliphatic carbocycles. The van der Waals surface area contributed by atoms with Gasteiger partial charge in [-0.25, -0.2) is 8.42 Å². The topological polar surface area (TPSA) is 63.2 Å². The molecule has 2 atom stereocenters. The van der Waals surface area contributed by atoms with Crippen molar-refractivity contribution in [1.82, 2.24) is 5.32 Å². The molecule has 0 bridgehead atoms. The van der Waals surface area contributed by atoms with Crippen molar-refractivity contribution in [3.8, 4) is 0 Å². The van der Waals surface area contributed by atoms with Crippen LogP contribution in [0.4, 0.5) is 0 Å². The van der Waals surface area contributed by atoms with Gasteiger partial charge in [0.05, 0.1) is 21.9 Å². The van der Waals surface area contributed by atoms with Gasteiger partial charge < -0.3 is 5.32 Å². The summed E-state index contributed by atoms with van der Waals surface area (Å²) in [6.45, 7) is 8.68. The zero-order chi connectivity index (χ0) is 17.8. The fourth-order valence-corrected chi connectivity index (χ4v) is 7.02. The average Bonchev–Trinajstić information content (AvgIpc) is 2.97. The lowest BCUT2D eigenvalue weighted by atomic mass is 9.72. The number of carbonyl (C=O) groups is 1. The van der Waals surface area contributed by atoms with E-state index >= 15 is 0 Å². The van der Waals surface area contributed by atoms with E-state index in [-0.39, 0.29) is 22.8 Å². The maximum atomic E-state index is 12.6.